The maximum atomic E-state index is 12.8. The largest absolute Gasteiger partial charge is 0.331 e. The van der Waals surface area contributed by atoms with Gasteiger partial charge in [-0.15, -0.1) is 0 Å². The maximum Gasteiger partial charge on any atom is 0.255 e. The number of carbonyl (C=O) groups excluding carboxylic acids is 1. The average Bonchev–Trinajstić information content (AvgIpc) is 2.87. The molecule has 0 bridgehead atoms. The number of carbonyl (C=O) groups is 1. The minimum Gasteiger partial charge on any atom is -0.331 e. The van der Waals surface area contributed by atoms with E-state index in [1.165, 1.54) is 5.56 Å². The van der Waals surface area contributed by atoms with Crippen LogP contribution in [0.2, 0.25) is 0 Å². The molecular formula is C15H19BrN2O. The van der Waals surface area contributed by atoms with Gasteiger partial charge in [0.1, 0.15) is 0 Å². The molecule has 4 heteroatoms. The molecule has 0 saturated carbocycles. The van der Waals surface area contributed by atoms with Crippen LogP contribution in [0.4, 0.5) is 0 Å². The lowest BCUT2D eigenvalue weighted by molar-refractivity contribution is 0.0681. The van der Waals surface area contributed by atoms with Crippen LogP contribution in [0.25, 0.3) is 0 Å². The first-order valence-electron chi connectivity index (χ1n) is 6.87. The van der Waals surface area contributed by atoms with Gasteiger partial charge in [0, 0.05) is 29.6 Å². The van der Waals surface area contributed by atoms with Crippen LogP contribution in [0.1, 0.15) is 29.3 Å². The summed E-state index contributed by atoms with van der Waals surface area (Å²) in [4.78, 5) is 14.9. The van der Waals surface area contributed by atoms with E-state index in [4.69, 9.17) is 0 Å². The molecule has 1 amide bonds. The summed E-state index contributed by atoms with van der Waals surface area (Å²) in [5.41, 5.74) is 1.95. The van der Waals surface area contributed by atoms with Gasteiger partial charge < -0.3 is 10.2 Å². The molecule has 0 radical (unpaired) electrons. The van der Waals surface area contributed by atoms with Crippen molar-refractivity contribution in [2.75, 3.05) is 13.1 Å². The van der Waals surface area contributed by atoms with Gasteiger partial charge >= 0.3 is 0 Å². The van der Waals surface area contributed by atoms with E-state index >= 15 is 0 Å². The molecule has 0 aromatic heterocycles. The fourth-order valence-electron chi connectivity index (χ4n) is 3.45. The SMILES string of the molecule is Cc1ccc(C(=O)N2C(C)CC3CNCC32)c(Br)c1. The van der Waals surface area contributed by atoms with Gasteiger partial charge in [0.2, 0.25) is 0 Å². The molecule has 3 unspecified atom stereocenters. The van der Waals surface area contributed by atoms with E-state index in [1.807, 2.05) is 25.1 Å². The molecule has 0 aliphatic carbocycles. The number of halogens is 1. The van der Waals surface area contributed by atoms with Crippen LogP contribution in [-0.4, -0.2) is 36.0 Å². The van der Waals surface area contributed by atoms with Gasteiger partial charge in [0.05, 0.1) is 5.56 Å². The number of hydrogen-bond acceptors (Lipinski definition) is 2. The second-order valence-corrected chi connectivity index (χ2v) is 6.62. The molecule has 1 aromatic carbocycles. The Hall–Kier alpha value is -0.870. The lowest BCUT2D eigenvalue weighted by Crippen LogP contribution is -2.42. The Kier molecular flexibility index (Phi) is 3.39. The molecule has 3 atom stereocenters. The fraction of sp³-hybridized carbons (Fsp3) is 0.533. The van der Waals surface area contributed by atoms with Gasteiger partial charge in [-0.2, -0.15) is 0 Å². The summed E-state index contributed by atoms with van der Waals surface area (Å²) in [7, 11) is 0. The number of aryl methyl sites for hydroxylation is 1. The molecule has 0 spiro atoms. The molecule has 3 rings (SSSR count). The predicted octanol–water partition coefficient (Wildman–Crippen LogP) is 2.58. The molecule has 102 valence electrons. The predicted molar refractivity (Wildman–Crippen MR) is 79.3 cm³/mol. The summed E-state index contributed by atoms with van der Waals surface area (Å²) in [5, 5.41) is 3.40. The van der Waals surface area contributed by atoms with E-state index in [0.29, 0.717) is 18.0 Å². The highest BCUT2D eigenvalue weighted by Gasteiger charge is 2.44. The zero-order chi connectivity index (χ0) is 13.6. The number of amides is 1. The molecule has 1 N–H and O–H groups in total. The first-order chi connectivity index (χ1) is 9.08. The second-order valence-electron chi connectivity index (χ2n) is 5.77. The van der Waals surface area contributed by atoms with Crippen molar-refractivity contribution < 1.29 is 4.79 Å². The van der Waals surface area contributed by atoms with Gasteiger partial charge in [0.15, 0.2) is 0 Å². The first-order valence-corrected chi connectivity index (χ1v) is 7.66. The zero-order valence-corrected chi connectivity index (χ0v) is 12.9. The molecule has 19 heavy (non-hydrogen) atoms. The number of nitrogens with one attached hydrogen (secondary N) is 1. The number of rotatable bonds is 1. The fourth-order valence-corrected chi connectivity index (χ4v) is 4.11. The van der Waals surface area contributed by atoms with Crippen molar-refractivity contribution in [2.24, 2.45) is 5.92 Å². The zero-order valence-electron chi connectivity index (χ0n) is 11.3. The summed E-state index contributed by atoms with van der Waals surface area (Å²) in [6.45, 7) is 6.19. The van der Waals surface area contributed by atoms with E-state index in [9.17, 15) is 4.79 Å². The lowest BCUT2D eigenvalue weighted by Gasteiger charge is -2.28. The van der Waals surface area contributed by atoms with Gasteiger partial charge in [-0.3, -0.25) is 4.79 Å². The molecule has 2 saturated heterocycles. The summed E-state index contributed by atoms with van der Waals surface area (Å²) in [5.74, 6) is 0.791. The first kappa shape index (κ1) is 13.1. The van der Waals surface area contributed by atoms with Gasteiger partial charge in [-0.1, -0.05) is 6.07 Å². The number of nitrogens with zero attached hydrogens (tertiary/aromatic N) is 1. The van der Waals surface area contributed by atoms with Crippen LogP contribution in [0.5, 0.6) is 0 Å². The molecule has 2 aliphatic rings. The van der Waals surface area contributed by atoms with Crippen LogP contribution in [0, 0.1) is 12.8 Å². The Morgan fingerprint density at radius 2 is 2.21 bits per heavy atom. The third-order valence-corrected chi connectivity index (χ3v) is 5.03. The second kappa shape index (κ2) is 4.91. The summed E-state index contributed by atoms with van der Waals surface area (Å²) in [6, 6.07) is 6.67. The Morgan fingerprint density at radius 1 is 1.42 bits per heavy atom. The minimum absolute atomic E-state index is 0.163. The Labute approximate surface area is 122 Å². The Morgan fingerprint density at radius 3 is 2.95 bits per heavy atom. The summed E-state index contributed by atoms with van der Waals surface area (Å²) >= 11 is 3.52. The van der Waals surface area contributed by atoms with Crippen molar-refractivity contribution in [2.45, 2.75) is 32.4 Å². The van der Waals surface area contributed by atoms with E-state index in [0.717, 1.165) is 29.5 Å². The van der Waals surface area contributed by atoms with Crippen molar-refractivity contribution in [3.05, 3.63) is 33.8 Å². The highest BCUT2D eigenvalue weighted by atomic mass is 79.9. The molecule has 2 fully saturated rings. The number of likely N-dealkylation sites (tertiary alicyclic amines) is 1. The standard InChI is InChI=1S/C15H19BrN2O/c1-9-3-4-12(13(16)5-9)15(19)18-10(2)6-11-7-17-8-14(11)18/h3-5,10-11,14,17H,6-8H2,1-2H3. The average molecular weight is 323 g/mol. The lowest BCUT2D eigenvalue weighted by atomic mass is 10.0. The summed E-state index contributed by atoms with van der Waals surface area (Å²) in [6.07, 6.45) is 1.12. The molecule has 3 nitrogen and oxygen atoms in total. The highest BCUT2D eigenvalue weighted by molar-refractivity contribution is 9.10. The van der Waals surface area contributed by atoms with Crippen molar-refractivity contribution in [3.63, 3.8) is 0 Å². The van der Waals surface area contributed by atoms with Crippen LogP contribution in [0.3, 0.4) is 0 Å². The van der Waals surface area contributed by atoms with Crippen molar-refractivity contribution in [1.82, 2.24) is 10.2 Å². The van der Waals surface area contributed by atoms with Crippen molar-refractivity contribution >= 4 is 21.8 Å². The van der Waals surface area contributed by atoms with Crippen LogP contribution in [0.15, 0.2) is 22.7 Å². The van der Waals surface area contributed by atoms with Crippen LogP contribution in [-0.2, 0) is 0 Å². The summed E-state index contributed by atoms with van der Waals surface area (Å²) < 4.78 is 0.902. The molecule has 2 heterocycles. The normalized spacial score (nSPS) is 29.6. The maximum absolute atomic E-state index is 12.8. The third-order valence-electron chi connectivity index (χ3n) is 4.37. The smallest absolute Gasteiger partial charge is 0.255 e. The minimum atomic E-state index is 0.163. The van der Waals surface area contributed by atoms with Crippen LogP contribution >= 0.6 is 15.9 Å². The van der Waals surface area contributed by atoms with E-state index in [-0.39, 0.29) is 5.91 Å². The highest BCUT2D eigenvalue weighted by Crippen LogP contribution is 2.34. The third kappa shape index (κ3) is 2.21. The quantitative estimate of drug-likeness (QED) is 0.862. The number of fused-ring (bicyclic) bond motifs is 1. The number of hydrogen-bond donors (Lipinski definition) is 1. The van der Waals surface area contributed by atoms with Gasteiger partial charge in [0.25, 0.3) is 5.91 Å². The topological polar surface area (TPSA) is 32.3 Å². The van der Waals surface area contributed by atoms with Crippen molar-refractivity contribution in [3.8, 4) is 0 Å². The Bertz CT molecular complexity index is 517. The molecule has 2 aliphatic heterocycles. The van der Waals surface area contributed by atoms with Gasteiger partial charge in [-0.25, -0.2) is 0 Å². The van der Waals surface area contributed by atoms with Gasteiger partial charge in [-0.05, 0) is 59.8 Å². The Balaban J connectivity index is 1.90. The van der Waals surface area contributed by atoms with Crippen molar-refractivity contribution in [1.29, 1.82) is 0 Å². The van der Waals surface area contributed by atoms with E-state index < -0.39 is 0 Å². The molecule has 1 aromatic rings. The number of benzene rings is 1. The molecular weight excluding hydrogens is 304 g/mol. The van der Waals surface area contributed by atoms with E-state index in [1.54, 1.807) is 0 Å². The monoisotopic (exact) mass is 322 g/mol. The van der Waals surface area contributed by atoms with E-state index in [2.05, 4.69) is 33.1 Å². The van der Waals surface area contributed by atoms with Crippen LogP contribution < -0.4 is 5.32 Å².